The quantitative estimate of drug-likeness (QED) is 0.826. The van der Waals surface area contributed by atoms with Crippen molar-refractivity contribution in [3.63, 3.8) is 0 Å². The Labute approximate surface area is 106 Å². The molecule has 2 rings (SSSR count). The molecule has 0 saturated heterocycles. The van der Waals surface area contributed by atoms with Gasteiger partial charge in [-0.25, -0.2) is 4.68 Å². The predicted octanol–water partition coefficient (Wildman–Crippen LogP) is 1.09. The number of aryl methyl sites for hydroxylation is 1. The molecular weight excluding hydrogens is 230 g/mol. The third-order valence-electron chi connectivity index (χ3n) is 2.51. The SMILES string of the molecule is CCOc1cccc(-c2nnnn2CCCN)c1. The summed E-state index contributed by atoms with van der Waals surface area (Å²) >= 11 is 0. The average molecular weight is 247 g/mol. The molecule has 0 atom stereocenters. The van der Waals surface area contributed by atoms with Gasteiger partial charge in [0.1, 0.15) is 5.75 Å². The van der Waals surface area contributed by atoms with Crippen LogP contribution >= 0.6 is 0 Å². The lowest BCUT2D eigenvalue weighted by molar-refractivity contribution is 0.340. The second kappa shape index (κ2) is 6.11. The Balaban J connectivity index is 2.24. The molecule has 0 amide bonds. The molecular formula is C12H17N5O. The minimum Gasteiger partial charge on any atom is -0.494 e. The smallest absolute Gasteiger partial charge is 0.182 e. The summed E-state index contributed by atoms with van der Waals surface area (Å²) < 4.78 is 7.23. The van der Waals surface area contributed by atoms with E-state index < -0.39 is 0 Å². The van der Waals surface area contributed by atoms with E-state index in [1.165, 1.54) is 0 Å². The monoisotopic (exact) mass is 247 g/mol. The number of nitrogens with two attached hydrogens (primary N) is 1. The van der Waals surface area contributed by atoms with Gasteiger partial charge in [0.2, 0.25) is 0 Å². The molecule has 96 valence electrons. The number of benzene rings is 1. The maximum atomic E-state index is 5.50. The van der Waals surface area contributed by atoms with Crippen LogP contribution in [0.4, 0.5) is 0 Å². The van der Waals surface area contributed by atoms with E-state index in [9.17, 15) is 0 Å². The van der Waals surface area contributed by atoms with E-state index >= 15 is 0 Å². The van der Waals surface area contributed by atoms with Gasteiger partial charge in [-0.3, -0.25) is 0 Å². The first-order valence-electron chi connectivity index (χ1n) is 6.04. The van der Waals surface area contributed by atoms with E-state index in [2.05, 4.69) is 15.5 Å². The second-order valence-corrected chi connectivity index (χ2v) is 3.83. The summed E-state index contributed by atoms with van der Waals surface area (Å²) in [7, 11) is 0. The lowest BCUT2D eigenvalue weighted by atomic mass is 10.2. The number of aromatic nitrogens is 4. The van der Waals surface area contributed by atoms with E-state index in [0.717, 1.165) is 30.1 Å². The Morgan fingerprint density at radius 2 is 2.28 bits per heavy atom. The summed E-state index contributed by atoms with van der Waals surface area (Å²) in [5, 5.41) is 11.7. The fourth-order valence-corrected chi connectivity index (χ4v) is 1.69. The third kappa shape index (κ3) is 2.84. The van der Waals surface area contributed by atoms with Gasteiger partial charge >= 0.3 is 0 Å². The zero-order chi connectivity index (χ0) is 12.8. The van der Waals surface area contributed by atoms with Gasteiger partial charge in [0, 0.05) is 12.1 Å². The van der Waals surface area contributed by atoms with Crippen LogP contribution < -0.4 is 10.5 Å². The molecule has 0 aliphatic rings. The summed E-state index contributed by atoms with van der Waals surface area (Å²) in [6.45, 7) is 3.94. The molecule has 1 aromatic heterocycles. The van der Waals surface area contributed by atoms with Crippen LogP contribution in [0.3, 0.4) is 0 Å². The van der Waals surface area contributed by atoms with E-state index in [1.807, 2.05) is 31.2 Å². The van der Waals surface area contributed by atoms with E-state index in [0.29, 0.717) is 13.2 Å². The van der Waals surface area contributed by atoms with Crippen molar-refractivity contribution in [3.05, 3.63) is 24.3 Å². The molecule has 0 bridgehead atoms. The fourth-order valence-electron chi connectivity index (χ4n) is 1.69. The molecule has 0 fully saturated rings. The van der Waals surface area contributed by atoms with Crippen molar-refractivity contribution in [3.8, 4) is 17.1 Å². The molecule has 6 heteroatoms. The Hall–Kier alpha value is -1.95. The van der Waals surface area contributed by atoms with Gasteiger partial charge in [-0.15, -0.1) is 5.10 Å². The molecule has 0 aliphatic carbocycles. The highest BCUT2D eigenvalue weighted by Gasteiger charge is 2.09. The maximum Gasteiger partial charge on any atom is 0.182 e. The van der Waals surface area contributed by atoms with E-state index in [4.69, 9.17) is 10.5 Å². The highest BCUT2D eigenvalue weighted by atomic mass is 16.5. The number of hydrogen-bond donors (Lipinski definition) is 1. The highest BCUT2D eigenvalue weighted by molar-refractivity contribution is 5.57. The Morgan fingerprint density at radius 3 is 3.06 bits per heavy atom. The van der Waals surface area contributed by atoms with Crippen molar-refractivity contribution in [2.45, 2.75) is 19.9 Å². The molecule has 0 spiro atoms. The summed E-state index contributed by atoms with van der Waals surface area (Å²) in [6.07, 6.45) is 0.850. The predicted molar refractivity (Wildman–Crippen MR) is 68.1 cm³/mol. The first-order chi connectivity index (χ1) is 8.85. The van der Waals surface area contributed by atoms with Gasteiger partial charge in [0.25, 0.3) is 0 Å². The van der Waals surface area contributed by atoms with Crippen LogP contribution in [-0.4, -0.2) is 33.4 Å². The molecule has 0 saturated carbocycles. The number of rotatable bonds is 6. The first kappa shape index (κ1) is 12.5. The zero-order valence-corrected chi connectivity index (χ0v) is 10.4. The molecule has 2 aromatic rings. The van der Waals surface area contributed by atoms with Gasteiger partial charge in [0.15, 0.2) is 5.82 Å². The van der Waals surface area contributed by atoms with Crippen molar-refractivity contribution in [2.75, 3.05) is 13.2 Å². The maximum absolute atomic E-state index is 5.50. The molecule has 1 heterocycles. The minimum atomic E-state index is 0.623. The van der Waals surface area contributed by atoms with Crippen LogP contribution in [0.15, 0.2) is 24.3 Å². The zero-order valence-electron chi connectivity index (χ0n) is 10.4. The molecule has 18 heavy (non-hydrogen) atoms. The molecule has 0 aliphatic heterocycles. The van der Waals surface area contributed by atoms with E-state index in [1.54, 1.807) is 4.68 Å². The van der Waals surface area contributed by atoms with Crippen molar-refractivity contribution in [1.29, 1.82) is 0 Å². The van der Waals surface area contributed by atoms with Crippen LogP contribution in [-0.2, 0) is 6.54 Å². The minimum absolute atomic E-state index is 0.623. The van der Waals surface area contributed by atoms with Crippen LogP contribution in [0.2, 0.25) is 0 Å². The van der Waals surface area contributed by atoms with Gasteiger partial charge in [0.05, 0.1) is 6.61 Å². The Kier molecular flexibility index (Phi) is 4.25. The second-order valence-electron chi connectivity index (χ2n) is 3.83. The molecule has 2 N–H and O–H groups in total. The van der Waals surface area contributed by atoms with Crippen LogP contribution in [0.25, 0.3) is 11.4 Å². The number of tetrazole rings is 1. The number of ether oxygens (including phenoxy) is 1. The Bertz CT molecular complexity index is 497. The third-order valence-corrected chi connectivity index (χ3v) is 2.51. The standard InChI is InChI=1S/C12H17N5O/c1-2-18-11-6-3-5-10(9-11)12-14-15-16-17(12)8-4-7-13/h3,5-6,9H,2,4,7-8,13H2,1H3. The normalized spacial score (nSPS) is 10.6. The Morgan fingerprint density at radius 1 is 1.39 bits per heavy atom. The van der Waals surface area contributed by atoms with Gasteiger partial charge in [-0.2, -0.15) is 0 Å². The molecule has 6 nitrogen and oxygen atoms in total. The number of hydrogen-bond acceptors (Lipinski definition) is 5. The highest BCUT2D eigenvalue weighted by Crippen LogP contribution is 2.21. The van der Waals surface area contributed by atoms with Crippen LogP contribution in [0.1, 0.15) is 13.3 Å². The van der Waals surface area contributed by atoms with Crippen LogP contribution in [0, 0.1) is 0 Å². The largest absolute Gasteiger partial charge is 0.494 e. The fraction of sp³-hybridized carbons (Fsp3) is 0.417. The van der Waals surface area contributed by atoms with E-state index in [-0.39, 0.29) is 0 Å². The molecule has 0 radical (unpaired) electrons. The summed E-state index contributed by atoms with van der Waals surface area (Å²) in [5.41, 5.74) is 6.44. The van der Waals surface area contributed by atoms with Crippen molar-refractivity contribution in [1.82, 2.24) is 20.2 Å². The van der Waals surface area contributed by atoms with Gasteiger partial charge in [-0.1, -0.05) is 12.1 Å². The van der Waals surface area contributed by atoms with Gasteiger partial charge < -0.3 is 10.5 Å². The first-order valence-corrected chi connectivity index (χ1v) is 6.04. The lowest BCUT2D eigenvalue weighted by Gasteiger charge is -2.06. The van der Waals surface area contributed by atoms with Crippen molar-refractivity contribution < 1.29 is 4.74 Å². The number of nitrogens with zero attached hydrogens (tertiary/aromatic N) is 4. The molecule has 0 unspecified atom stereocenters. The topological polar surface area (TPSA) is 78.9 Å². The van der Waals surface area contributed by atoms with Gasteiger partial charge in [-0.05, 0) is 42.4 Å². The van der Waals surface area contributed by atoms with Crippen molar-refractivity contribution >= 4 is 0 Å². The summed E-state index contributed by atoms with van der Waals surface area (Å²) in [6, 6.07) is 7.75. The van der Waals surface area contributed by atoms with Crippen molar-refractivity contribution in [2.24, 2.45) is 5.73 Å². The van der Waals surface area contributed by atoms with Crippen LogP contribution in [0.5, 0.6) is 5.75 Å². The summed E-state index contributed by atoms with van der Waals surface area (Å²) in [5.74, 6) is 1.56. The molecule has 1 aromatic carbocycles. The average Bonchev–Trinajstić information content (AvgIpc) is 2.85. The summed E-state index contributed by atoms with van der Waals surface area (Å²) in [4.78, 5) is 0. The lowest BCUT2D eigenvalue weighted by Crippen LogP contribution is -2.08.